The number of ether oxygens (including phenoxy) is 1. The first kappa shape index (κ1) is 18.4. The summed E-state index contributed by atoms with van der Waals surface area (Å²) in [6.45, 7) is 8.30. The predicted molar refractivity (Wildman–Crippen MR) is 102 cm³/mol. The average Bonchev–Trinajstić information content (AvgIpc) is 2.68. The SMILES string of the molecule is CC(Oc1cccc(C(C)C)c1)C(=O)N1CCNCC1c1cccnc1. The van der Waals surface area contributed by atoms with Crippen molar-refractivity contribution in [3.63, 3.8) is 0 Å². The van der Waals surface area contributed by atoms with Crippen LogP contribution in [0, 0.1) is 0 Å². The maximum atomic E-state index is 13.1. The third-order valence-electron chi connectivity index (χ3n) is 4.78. The van der Waals surface area contributed by atoms with Crippen molar-refractivity contribution in [2.75, 3.05) is 19.6 Å². The summed E-state index contributed by atoms with van der Waals surface area (Å²) in [5.41, 5.74) is 2.25. The molecule has 2 unspecified atom stereocenters. The van der Waals surface area contributed by atoms with Crippen molar-refractivity contribution in [3.05, 3.63) is 59.9 Å². The highest BCUT2D eigenvalue weighted by atomic mass is 16.5. The number of rotatable bonds is 5. The first-order chi connectivity index (χ1) is 12.6. The predicted octanol–water partition coefficient (Wildman–Crippen LogP) is 3.15. The zero-order valence-electron chi connectivity index (χ0n) is 15.7. The number of nitrogens with zero attached hydrogens (tertiary/aromatic N) is 2. The molecule has 0 saturated carbocycles. The molecule has 1 fully saturated rings. The van der Waals surface area contributed by atoms with Crippen molar-refractivity contribution in [2.24, 2.45) is 0 Å². The highest BCUT2D eigenvalue weighted by Gasteiger charge is 2.31. The second-order valence-corrected chi connectivity index (χ2v) is 7.03. The Kier molecular flexibility index (Phi) is 5.89. The van der Waals surface area contributed by atoms with Crippen LogP contribution in [0.2, 0.25) is 0 Å². The van der Waals surface area contributed by atoms with Gasteiger partial charge in [-0.25, -0.2) is 0 Å². The van der Waals surface area contributed by atoms with Gasteiger partial charge in [-0.15, -0.1) is 0 Å². The molecule has 1 aromatic heterocycles. The third kappa shape index (κ3) is 4.22. The van der Waals surface area contributed by atoms with Crippen LogP contribution in [-0.2, 0) is 4.79 Å². The van der Waals surface area contributed by atoms with Crippen LogP contribution in [0.1, 0.15) is 43.9 Å². The molecule has 2 aromatic rings. The van der Waals surface area contributed by atoms with E-state index in [2.05, 4.69) is 30.2 Å². The van der Waals surface area contributed by atoms with Gasteiger partial charge in [0.1, 0.15) is 5.75 Å². The lowest BCUT2D eigenvalue weighted by Crippen LogP contribution is -2.52. The molecule has 3 rings (SSSR count). The van der Waals surface area contributed by atoms with Crippen LogP contribution in [0.15, 0.2) is 48.8 Å². The van der Waals surface area contributed by atoms with Gasteiger partial charge in [-0.05, 0) is 42.2 Å². The molecule has 5 heteroatoms. The number of hydrogen-bond donors (Lipinski definition) is 1. The fraction of sp³-hybridized carbons (Fsp3) is 0.429. The van der Waals surface area contributed by atoms with Gasteiger partial charge in [0.15, 0.2) is 6.10 Å². The monoisotopic (exact) mass is 353 g/mol. The Morgan fingerprint density at radius 3 is 2.85 bits per heavy atom. The lowest BCUT2D eigenvalue weighted by Gasteiger charge is -2.37. The summed E-state index contributed by atoms with van der Waals surface area (Å²) in [7, 11) is 0. The molecule has 0 spiro atoms. The highest BCUT2D eigenvalue weighted by Crippen LogP contribution is 2.25. The van der Waals surface area contributed by atoms with Gasteiger partial charge >= 0.3 is 0 Å². The lowest BCUT2D eigenvalue weighted by molar-refractivity contribution is -0.141. The first-order valence-corrected chi connectivity index (χ1v) is 9.24. The molecule has 0 bridgehead atoms. The van der Waals surface area contributed by atoms with Crippen LogP contribution in [0.4, 0.5) is 0 Å². The van der Waals surface area contributed by atoms with Gasteiger partial charge in [0.2, 0.25) is 0 Å². The van der Waals surface area contributed by atoms with Gasteiger partial charge in [0.25, 0.3) is 5.91 Å². The molecule has 1 saturated heterocycles. The van der Waals surface area contributed by atoms with E-state index in [1.165, 1.54) is 5.56 Å². The summed E-state index contributed by atoms with van der Waals surface area (Å²) >= 11 is 0. The van der Waals surface area contributed by atoms with E-state index in [4.69, 9.17) is 4.74 Å². The number of piperazine rings is 1. The Morgan fingerprint density at radius 2 is 2.12 bits per heavy atom. The van der Waals surface area contributed by atoms with Crippen molar-refractivity contribution in [1.82, 2.24) is 15.2 Å². The van der Waals surface area contributed by atoms with Gasteiger partial charge in [0.05, 0.1) is 6.04 Å². The highest BCUT2D eigenvalue weighted by molar-refractivity contribution is 5.81. The molecular formula is C21H27N3O2. The second kappa shape index (κ2) is 8.32. The maximum absolute atomic E-state index is 13.1. The van der Waals surface area contributed by atoms with Crippen LogP contribution >= 0.6 is 0 Å². The molecule has 2 atom stereocenters. The summed E-state index contributed by atoms with van der Waals surface area (Å²) in [6, 6.07) is 11.9. The number of carbonyl (C=O) groups excluding carboxylic acids is 1. The van der Waals surface area contributed by atoms with E-state index in [0.29, 0.717) is 12.5 Å². The summed E-state index contributed by atoms with van der Waals surface area (Å²) in [5.74, 6) is 1.17. The topological polar surface area (TPSA) is 54.5 Å². The smallest absolute Gasteiger partial charge is 0.263 e. The van der Waals surface area contributed by atoms with Crippen LogP contribution in [0.25, 0.3) is 0 Å². The summed E-state index contributed by atoms with van der Waals surface area (Å²) in [4.78, 5) is 19.2. The van der Waals surface area contributed by atoms with Gasteiger partial charge < -0.3 is 15.0 Å². The number of amides is 1. The Balaban J connectivity index is 1.73. The third-order valence-corrected chi connectivity index (χ3v) is 4.78. The van der Waals surface area contributed by atoms with Crippen molar-refractivity contribution < 1.29 is 9.53 Å². The zero-order valence-corrected chi connectivity index (χ0v) is 15.7. The summed E-state index contributed by atoms with van der Waals surface area (Å²) < 4.78 is 5.98. The zero-order chi connectivity index (χ0) is 18.5. The molecule has 5 nitrogen and oxygen atoms in total. The Hall–Kier alpha value is -2.40. The first-order valence-electron chi connectivity index (χ1n) is 9.24. The standard InChI is InChI=1S/C21H27N3O2/c1-15(2)17-6-4-8-19(12-17)26-16(3)21(25)24-11-10-23-14-20(24)18-7-5-9-22-13-18/h4-9,12-13,15-16,20,23H,10-11,14H2,1-3H3. The molecule has 1 amide bonds. The van der Waals surface area contributed by atoms with Crippen LogP contribution in [0.5, 0.6) is 5.75 Å². The van der Waals surface area contributed by atoms with E-state index in [9.17, 15) is 4.79 Å². The molecule has 0 radical (unpaired) electrons. The minimum atomic E-state index is -0.533. The minimum Gasteiger partial charge on any atom is -0.481 e. The Morgan fingerprint density at radius 1 is 1.27 bits per heavy atom. The number of pyridine rings is 1. The van der Waals surface area contributed by atoms with E-state index in [-0.39, 0.29) is 11.9 Å². The van der Waals surface area contributed by atoms with Crippen molar-refractivity contribution in [1.29, 1.82) is 0 Å². The van der Waals surface area contributed by atoms with Gasteiger partial charge in [0, 0.05) is 32.0 Å². The lowest BCUT2D eigenvalue weighted by atomic mass is 10.0. The van der Waals surface area contributed by atoms with Crippen molar-refractivity contribution >= 4 is 5.91 Å². The Bertz CT molecular complexity index is 733. The van der Waals surface area contributed by atoms with E-state index in [0.717, 1.165) is 24.4 Å². The quantitative estimate of drug-likeness (QED) is 0.897. The van der Waals surface area contributed by atoms with Gasteiger partial charge in [-0.3, -0.25) is 9.78 Å². The molecule has 1 aliphatic heterocycles. The molecule has 138 valence electrons. The Labute approximate surface area is 155 Å². The fourth-order valence-corrected chi connectivity index (χ4v) is 3.27. The number of aromatic nitrogens is 1. The van der Waals surface area contributed by atoms with Crippen molar-refractivity contribution in [3.8, 4) is 5.75 Å². The molecule has 26 heavy (non-hydrogen) atoms. The van der Waals surface area contributed by atoms with Crippen LogP contribution in [-0.4, -0.2) is 41.5 Å². The molecule has 1 N–H and O–H groups in total. The molecule has 2 heterocycles. The molecule has 1 aromatic carbocycles. The fourth-order valence-electron chi connectivity index (χ4n) is 3.27. The largest absolute Gasteiger partial charge is 0.481 e. The number of benzene rings is 1. The molecular weight excluding hydrogens is 326 g/mol. The van der Waals surface area contributed by atoms with E-state index in [1.54, 1.807) is 6.20 Å². The van der Waals surface area contributed by atoms with Crippen LogP contribution < -0.4 is 10.1 Å². The van der Waals surface area contributed by atoms with Crippen molar-refractivity contribution in [2.45, 2.75) is 38.8 Å². The minimum absolute atomic E-state index is 0.00954. The molecule has 0 aliphatic carbocycles. The maximum Gasteiger partial charge on any atom is 0.263 e. The average molecular weight is 353 g/mol. The van der Waals surface area contributed by atoms with E-state index < -0.39 is 6.10 Å². The number of hydrogen-bond acceptors (Lipinski definition) is 4. The molecule has 1 aliphatic rings. The van der Waals surface area contributed by atoms with Crippen LogP contribution in [0.3, 0.4) is 0 Å². The summed E-state index contributed by atoms with van der Waals surface area (Å²) in [5, 5.41) is 3.36. The number of carbonyl (C=O) groups is 1. The van der Waals surface area contributed by atoms with E-state index in [1.807, 2.05) is 48.4 Å². The number of nitrogens with one attached hydrogen (secondary N) is 1. The second-order valence-electron chi connectivity index (χ2n) is 7.03. The van der Waals surface area contributed by atoms with E-state index >= 15 is 0 Å². The van der Waals surface area contributed by atoms with Gasteiger partial charge in [-0.1, -0.05) is 32.0 Å². The van der Waals surface area contributed by atoms with Gasteiger partial charge in [-0.2, -0.15) is 0 Å². The normalized spacial score (nSPS) is 18.6. The summed E-state index contributed by atoms with van der Waals surface area (Å²) in [6.07, 6.45) is 3.05.